The minimum Gasteiger partial charge on any atom is -0.376 e. The number of nitriles is 1. The van der Waals surface area contributed by atoms with Crippen molar-refractivity contribution in [3.05, 3.63) is 29.3 Å². The van der Waals surface area contributed by atoms with Crippen LogP contribution in [0.1, 0.15) is 31.9 Å². The molecular weight excluding hydrogens is 307 g/mol. The van der Waals surface area contributed by atoms with E-state index in [9.17, 15) is 18.0 Å². The van der Waals surface area contributed by atoms with Crippen molar-refractivity contribution >= 4 is 11.6 Å². The average molecular weight is 327 g/mol. The van der Waals surface area contributed by atoms with E-state index in [0.29, 0.717) is 0 Å². The van der Waals surface area contributed by atoms with E-state index in [-0.39, 0.29) is 23.7 Å². The van der Waals surface area contributed by atoms with Gasteiger partial charge in [-0.15, -0.1) is 0 Å². The fourth-order valence-corrected chi connectivity index (χ4v) is 1.85. The van der Waals surface area contributed by atoms with Crippen LogP contribution in [0.4, 0.5) is 18.9 Å². The SMILES string of the molecule is Cc1ccc(NCC(=O)NC(C)(C#N)C(C)C)cc1C(F)(F)F. The van der Waals surface area contributed by atoms with E-state index in [2.05, 4.69) is 10.6 Å². The standard InChI is InChI=1S/C16H20F3N3O/c1-10(2)15(4,9-20)22-14(23)8-21-12-6-5-11(3)13(7-12)16(17,18)19/h5-7,10,21H,8H2,1-4H3,(H,22,23). The maximum absolute atomic E-state index is 12.8. The van der Waals surface area contributed by atoms with Crippen LogP contribution in [0.15, 0.2) is 18.2 Å². The van der Waals surface area contributed by atoms with E-state index in [1.165, 1.54) is 19.1 Å². The normalized spacial score (nSPS) is 14.0. The summed E-state index contributed by atoms with van der Waals surface area (Å²) < 4.78 is 38.5. The Bertz CT molecular complexity index is 620. The predicted octanol–water partition coefficient (Wildman–Crippen LogP) is 3.48. The molecule has 0 bridgehead atoms. The van der Waals surface area contributed by atoms with Crippen molar-refractivity contribution in [3.63, 3.8) is 0 Å². The topological polar surface area (TPSA) is 64.9 Å². The molecule has 1 unspecified atom stereocenters. The highest BCUT2D eigenvalue weighted by atomic mass is 19.4. The predicted molar refractivity (Wildman–Crippen MR) is 81.7 cm³/mol. The van der Waals surface area contributed by atoms with Gasteiger partial charge < -0.3 is 10.6 Å². The van der Waals surface area contributed by atoms with Crippen molar-refractivity contribution in [2.24, 2.45) is 5.92 Å². The first-order valence-electron chi connectivity index (χ1n) is 7.13. The molecule has 0 aliphatic carbocycles. The van der Waals surface area contributed by atoms with Crippen molar-refractivity contribution in [2.45, 2.75) is 39.4 Å². The Morgan fingerprint density at radius 2 is 1.96 bits per heavy atom. The van der Waals surface area contributed by atoms with E-state index < -0.39 is 23.2 Å². The molecule has 0 aliphatic heterocycles. The van der Waals surface area contributed by atoms with E-state index in [4.69, 9.17) is 5.26 Å². The van der Waals surface area contributed by atoms with Crippen molar-refractivity contribution in [2.75, 3.05) is 11.9 Å². The molecule has 2 N–H and O–H groups in total. The van der Waals surface area contributed by atoms with E-state index in [1.54, 1.807) is 20.8 Å². The first-order valence-corrected chi connectivity index (χ1v) is 7.13. The van der Waals surface area contributed by atoms with Gasteiger partial charge in [-0.3, -0.25) is 4.79 Å². The molecule has 0 saturated carbocycles. The molecule has 0 fully saturated rings. The van der Waals surface area contributed by atoms with E-state index in [1.807, 2.05) is 6.07 Å². The molecule has 0 spiro atoms. The summed E-state index contributed by atoms with van der Waals surface area (Å²) in [5, 5.41) is 14.4. The molecule has 1 amide bonds. The Kier molecular flexibility index (Phi) is 5.65. The second-order valence-electron chi connectivity index (χ2n) is 5.90. The molecule has 126 valence electrons. The highest BCUT2D eigenvalue weighted by molar-refractivity contribution is 5.81. The molecule has 0 aliphatic rings. The van der Waals surface area contributed by atoms with Gasteiger partial charge in [0.1, 0.15) is 5.54 Å². The zero-order chi connectivity index (χ0) is 17.8. The summed E-state index contributed by atoms with van der Waals surface area (Å²) in [6.45, 7) is 6.35. The quantitative estimate of drug-likeness (QED) is 0.870. The number of hydrogen-bond acceptors (Lipinski definition) is 3. The summed E-state index contributed by atoms with van der Waals surface area (Å²) in [6.07, 6.45) is -4.44. The van der Waals surface area contributed by atoms with Gasteiger partial charge in [0.2, 0.25) is 5.91 Å². The van der Waals surface area contributed by atoms with Crippen LogP contribution in [0.5, 0.6) is 0 Å². The Morgan fingerprint density at radius 3 is 2.43 bits per heavy atom. The number of nitrogens with zero attached hydrogens (tertiary/aromatic N) is 1. The summed E-state index contributed by atoms with van der Waals surface area (Å²) in [5.41, 5.74) is -1.46. The summed E-state index contributed by atoms with van der Waals surface area (Å²) in [7, 11) is 0. The molecular formula is C16H20F3N3O. The van der Waals surface area contributed by atoms with Crippen molar-refractivity contribution in [1.29, 1.82) is 5.26 Å². The van der Waals surface area contributed by atoms with Gasteiger partial charge in [0, 0.05) is 5.69 Å². The number of carbonyl (C=O) groups is 1. The number of halogens is 3. The summed E-state index contributed by atoms with van der Waals surface area (Å²) >= 11 is 0. The van der Waals surface area contributed by atoms with Crippen molar-refractivity contribution in [1.82, 2.24) is 5.32 Å². The monoisotopic (exact) mass is 327 g/mol. The van der Waals surface area contributed by atoms with Gasteiger partial charge in [0.25, 0.3) is 0 Å². The first-order chi connectivity index (χ1) is 10.5. The molecule has 1 rings (SSSR count). The van der Waals surface area contributed by atoms with Crippen LogP contribution in [-0.2, 0) is 11.0 Å². The first kappa shape index (κ1) is 18.8. The average Bonchev–Trinajstić information content (AvgIpc) is 2.44. The Morgan fingerprint density at radius 1 is 1.35 bits per heavy atom. The van der Waals surface area contributed by atoms with Crippen molar-refractivity contribution in [3.8, 4) is 6.07 Å². The maximum Gasteiger partial charge on any atom is 0.416 e. The number of amides is 1. The zero-order valence-electron chi connectivity index (χ0n) is 13.5. The fraction of sp³-hybridized carbons (Fsp3) is 0.500. The fourth-order valence-electron chi connectivity index (χ4n) is 1.85. The number of benzene rings is 1. The summed E-state index contributed by atoms with van der Waals surface area (Å²) in [6, 6.07) is 5.82. The number of hydrogen-bond donors (Lipinski definition) is 2. The summed E-state index contributed by atoms with van der Waals surface area (Å²) in [5.74, 6) is -0.565. The number of anilines is 1. The molecule has 0 radical (unpaired) electrons. The molecule has 1 aromatic carbocycles. The molecule has 0 aromatic heterocycles. The van der Waals surface area contributed by atoms with Crippen LogP contribution in [0.3, 0.4) is 0 Å². The second-order valence-corrected chi connectivity index (χ2v) is 5.90. The number of carbonyl (C=O) groups excluding carboxylic acids is 1. The third kappa shape index (κ3) is 4.88. The number of rotatable bonds is 5. The third-order valence-electron chi connectivity index (χ3n) is 3.78. The van der Waals surface area contributed by atoms with Crippen LogP contribution < -0.4 is 10.6 Å². The highest BCUT2D eigenvalue weighted by Crippen LogP contribution is 2.33. The number of nitrogens with one attached hydrogen (secondary N) is 2. The summed E-state index contributed by atoms with van der Waals surface area (Å²) in [4.78, 5) is 11.9. The zero-order valence-corrected chi connectivity index (χ0v) is 13.5. The lowest BCUT2D eigenvalue weighted by Gasteiger charge is -2.27. The molecule has 1 atom stereocenters. The van der Waals surface area contributed by atoms with Gasteiger partial charge in [-0.05, 0) is 37.5 Å². The Labute approximate surface area is 133 Å². The lowest BCUT2D eigenvalue weighted by Crippen LogP contribution is -2.50. The van der Waals surface area contributed by atoms with Gasteiger partial charge in [0.05, 0.1) is 18.2 Å². The van der Waals surface area contributed by atoms with Crippen LogP contribution in [-0.4, -0.2) is 18.0 Å². The smallest absolute Gasteiger partial charge is 0.376 e. The lowest BCUT2D eigenvalue weighted by molar-refractivity contribution is -0.138. The van der Waals surface area contributed by atoms with Gasteiger partial charge in [0.15, 0.2) is 0 Å². The second kappa shape index (κ2) is 6.90. The van der Waals surface area contributed by atoms with Crippen LogP contribution >= 0.6 is 0 Å². The van der Waals surface area contributed by atoms with Crippen molar-refractivity contribution < 1.29 is 18.0 Å². The molecule has 0 saturated heterocycles. The van der Waals surface area contributed by atoms with Crippen LogP contribution in [0.2, 0.25) is 0 Å². The van der Waals surface area contributed by atoms with Gasteiger partial charge in [-0.25, -0.2) is 0 Å². The number of alkyl halides is 3. The van der Waals surface area contributed by atoms with Gasteiger partial charge in [-0.2, -0.15) is 18.4 Å². The van der Waals surface area contributed by atoms with E-state index in [0.717, 1.165) is 6.07 Å². The molecule has 23 heavy (non-hydrogen) atoms. The number of aryl methyl sites for hydroxylation is 1. The van der Waals surface area contributed by atoms with E-state index >= 15 is 0 Å². The minimum absolute atomic E-state index is 0.104. The molecule has 1 aromatic rings. The maximum atomic E-state index is 12.8. The minimum atomic E-state index is -4.44. The largest absolute Gasteiger partial charge is 0.416 e. The van der Waals surface area contributed by atoms with Crippen LogP contribution in [0.25, 0.3) is 0 Å². The molecule has 7 heteroatoms. The highest BCUT2D eigenvalue weighted by Gasteiger charge is 2.33. The molecule has 4 nitrogen and oxygen atoms in total. The molecule has 0 heterocycles. The van der Waals surface area contributed by atoms with Crippen LogP contribution in [0, 0.1) is 24.2 Å². The van der Waals surface area contributed by atoms with Gasteiger partial charge >= 0.3 is 6.18 Å². The Balaban J connectivity index is 2.76. The third-order valence-corrected chi connectivity index (χ3v) is 3.78. The Hall–Kier alpha value is -2.23. The lowest BCUT2D eigenvalue weighted by atomic mass is 9.90. The van der Waals surface area contributed by atoms with Gasteiger partial charge in [-0.1, -0.05) is 19.9 Å².